The van der Waals surface area contributed by atoms with Crippen LogP contribution in [0.2, 0.25) is 0 Å². The van der Waals surface area contributed by atoms with E-state index in [-0.39, 0.29) is 5.69 Å². The van der Waals surface area contributed by atoms with Gasteiger partial charge < -0.3 is 9.47 Å². The van der Waals surface area contributed by atoms with Gasteiger partial charge in [-0.2, -0.15) is 0 Å². The number of nitrogens with one attached hydrogen (secondary N) is 1. The standard InChI is InChI=1S/C19H14FN3O3S/c1-25-14-8-11(20)9-15-16(14)22-19(27-15)23-17(24)13-7-10-5-3-4-6-12(10)18(21-13)26-2/h3-9H,1-2H3,(H,22,23,24). The molecular formula is C19H14FN3O3S. The van der Waals surface area contributed by atoms with Gasteiger partial charge in [-0.05, 0) is 23.6 Å². The van der Waals surface area contributed by atoms with Crippen molar-refractivity contribution < 1.29 is 18.7 Å². The molecular weight excluding hydrogens is 369 g/mol. The summed E-state index contributed by atoms with van der Waals surface area (Å²) in [4.78, 5) is 21.3. The predicted molar refractivity (Wildman–Crippen MR) is 102 cm³/mol. The third kappa shape index (κ3) is 3.15. The lowest BCUT2D eigenvalue weighted by molar-refractivity contribution is 0.102. The Labute approximate surface area is 157 Å². The number of halogens is 1. The first-order valence-corrected chi connectivity index (χ1v) is 8.80. The third-order valence-electron chi connectivity index (χ3n) is 4.00. The lowest BCUT2D eigenvalue weighted by Gasteiger charge is -2.07. The van der Waals surface area contributed by atoms with Crippen molar-refractivity contribution in [2.45, 2.75) is 0 Å². The summed E-state index contributed by atoms with van der Waals surface area (Å²) >= 11 is 1.16. The summed E-state index contributed by atoms with van der Waals surface area (Å²) < 4.78 is 24.7. The molecule has 2 aromatic carbocycles. The summed E-state index contributed by atoms with van der Waals surface area (Å²) in [7, 11) is 2.95. The van der Waals surface area contributed by atoms with E-state index in [1.165, 1.54) is 26.4 Å². The fraction of sp³-hybridized carbons (Fsp3) is 0.105. The Kier molecular flexibility index (Phi) is 4.33. The molecule has 4 rings (SSSR count). The minimum atomic E-state index is -0.433. The Morgan fingerprint density at radius 1 is 1.11 bits per heavy atom. The number of pyridine rings is 1. The Morgan fingerprint density at radius 3 is 2.70 bits per heavy atom. The first-order valence-electron chi connectivity index (χ1n) is 7.98. The van der Waals surface area contributed by atoms with Gasteiger partial charge in [-0.1, -0.05) is 29.5 Å². The molecule has 27 heavy (non-hydrogen) atoms. The molecule has 0 aliphatic carbocycles. The van der Waals surface area contributed by atoms with Gasteiger partial charge in [-0.3, -0.25) is 10.1 Å². The van der Waals surface area contributed by atoms with Gasteiger partial charge in [0, 0.05) is 11.5 Å². The van der Waals surface area contributed by atoms with Crippen LogP contribution in [0.4, 0.5) is 9.52 Å². The molecule has 0 unspecified atom stereocenters. The average molecular weight is 383 g/mol. The van der Waals surface area contributed by atoms with Gasteiger partial charge in [0.15, 0.2) is 5.13 Å². The SMILES string of the molecule is COc1nc(C(=O)Nc2nc3c(OC)cc(F)cc3s2)cc2ccccc12. The monoisotopic (exact) mass is 383 g/mol. The fourth-order valence-corrected chi connectivity index (χ4v) is 3.68. The van der Waals surface area contributed by atoms with Crippen LogP contribution in [0.5, 0.6) is 11.6 Å². The third-order valence-corrected chi connectivity index (χ3v) is 4.91. The zero-order valence-corrected chi connectivity index (χ0v) is 15.3. The van der Waals surface area contributed by atoms with E-state index in [9.17, 15) is 9.18 Å². The van der Waals surface area contributed by atoms with E-state index in [1.807, 2.05) is 24.3 Å². The van der Waals surface area contributed by atoms with Gasteiger partial charge in [0.1, 0.15) is 22.8 Å². The first-order chi connectivity index (χ1) is 13.1. The molecule has 0 aliphatic rings. The van der Waals surface area contributed by atoms with Crippen LogP contribution in [-0.2, 0) is 0 Å². The quantitative estimate of drug-likeness (QED) is 0.570. The number of thiazole rings is 1. The maximum atomic E-state index is 13.6. The summed E-state index contributed by atoms with van der Waals surface area (Å²) in [6, 6.07) is 11.8. The number of carbonyl (C=O) groups is 1. The Morgan fingerprint density at radius 2 is 1.93 bits per heavy atom. The van der Waals surface area contributed by atoms with E-state index in [4.69, 9.17) is 9.47 Å². The van der Waals surface area contributed by atoms with Crippen molar-refractivity contribution in [2.24, 2.45) is 0 Å². The second kappa shape index (κ2) is 6.81. The molecule has 1 amide bonds. The number of benzene rings is 2. The zero-order chi connectivity index (χ0) is 19.0. The van der Waals surface area contributed by atoms with Crippen LogP contribution < -0.4 is 14.8 Å². The number of ether oxygens (including phenoxy) is 2. The molecule has 0 saturated heterocycles. The van der Waals surface area contributed by atoms with Crippen molar-refractivity contribution >= 4 is 43.4 Å². The minimum absolute atomic E-state index is 0.197. The van der Waals surface area contributed by atoms with Crippen LogP contribution >= 0.6 is 11.3 Å². The molecule has 8 heteroatoms. The van der Waals surface area contributed by atoms with Crippen LogP contribution in [-0.4, -0.2) is 30.1 Å². The maximum Gasteiger partial charge on any atom is 0.276 e. The first kappa shape index (κ1) is 17.2. The van der Waals surface area contributed by atoms with Gasteiger partial charge >= 0.3 is 0 Å². The second-order valence-corrected chi connectivity index (χ2v) is 6.70. The van der Waals surface area contributed by atoms with Crippen LogP contribution in [0.15, 0.2) is 42.5 Å². The highest BCUT2D eigenvalue weighted by atomic mass is 32.1. The highest BCUT2D eigenvalue weighted by Gasteiger charge is 2.16. The molecule has 6 nitrogen and oxygen atoms in total. The number of aromatic nitrogens is 2. The van der Waals surface area contributed by atoms with Crippen molar-refractivity contribution in [3.8, 4) is 11.6 Å². The number of nitrogens with zero attached hydrogens (tertiary/aromatic N) is 2. The van der Waals surface area contributed by atoms with E-state index in [2.05, 4.69) is 15.3 Å². The van der Waals surface area contributed by atoms with Crippen molar-refractivity contribution in [1.82, 2.24) is 9.97 Å². The summed E-state index contributed by atoms with van der Waals surface area (Å²) in [5.41, 5.74) is 0.686. The number of carbonyl (C=O) groups excluding carboxylic acids is 1. The highest BCUT2D eigenvalue weighted by molar-refractivity contribution is 7.22. The van der Waals surface area contributed by atoms with E-state index in [0.717, 1.165) is 22.1 Å². The molecule has 0 spiro atoms. The number of methoxy groups -OCH3 is 2. The van der Waals surface area contributed by atoms with Gasteiger partial charge in [0.25, 0.3) is 5.91 Å². The number of fused-ring (bicyclic) bond motifs is 2. The lowest BCUT2D eigenvalue weighted by atomic mass is 10.1. The number of amides is 1. The van der Waals surface area contributed by atoms with E-state index in [1.54, 1.807) is 6.07 Å². The smallest absolute Gasteiger partial charge is 0.276 e. The molecule has 0 bridgehead atoms. The van der Waals surface area contributed by atoms with Crippen LogP contribution in [0, 0.1) is 5.82 Å². The molecule has 0 fully saturated rings. The molecule has 1 N–H and O–H groups in total. The van der Waals surface area contributed by atoms with E-state index in [0.29, 0.717) is 27.0 Å². The molecule has 136 valence electrons. The van der Waals surface area contributed by atoms with Gasteiger partial charge in [0.05, 0.1) is 18.9 Å². The van der Waals surface area contributed by atoms with Crippen LogP contribution in [0.3, 0.4) is 0 Å². The molecule has 0 atom stereocenters. The normalized spacial score (nSPS) is 10.9. The Balaban J connectivity index is 1.70. The van der Waals surface area contributed by atoms with Crippen molar-refractivity contribution in [1.29, 1.82) is 0 Å². The molecule has 4 aromatic rings. The maximum absolute atomic E-state index is 13.6. The number of anilines is 1. The van der Waals surface area contributed by atoms with E-state index >= 15 is 0 Å². The fourth-order valence-electron chi connectivity index (χ4n) is 2.78. The lowest BCUT2D eigenvalue weighted by Crippen LogP contribution is -2.14. The summed E-state index contributed by atoms with van der Waals surface area (Å²) in [6.45, 7) is 0. The van der Waals surface area contributed by atoms with Gasteiger partial charge in [-0.25, -0.2) is 14.4 Å². The van der Waals surface area contributed by atoms with E-state index < -0.39 is 11.7 Å². The second-order valence-electron chi connectivity index (χ2n) is 5.67. The summed E-state index contributed by atoms with van der Waals surface area (Å²) in [5.74, 6) is -0.183. The topological polar surface area (TPSA) is 73.3 Å². The minimum Gasteiger partial charge on any atom is -0.494 e. The van der Waals surface area contributed by atoms with Crippen molar-refractivity contribution in [3.05, 3.63) is 54.0 Å². The molecule has 2 aromatic heterocycles. The largest absolute Gasteiger partial charge is 0.494 e. The zero-order valence-electron chi connectivity index (χ0n) is 14.4. The average Bonchev–Trinajstić information content (AvgIpc) is 3.08. The summed E-state index contributed by atoms with van der Waals surface area (Å²) in [5, 5.41) is 4.69. The van der Waals surface area contributed by atoms with Crippen LogP contribution in [0.1, 0.15) is 10.5 Å². The molecule has 2 heterocycles. The number of hydrogen-bond donors (Lipinski definition) is 1. The summed E-state index contributed by atoms with van der Waals surface area (Å²) in [6.07, 6.45) is 0. The van der Waals surface area contributed by atoms with Crippen molar-refractivity contribution in [2.75, 3.05) is 19.5 Å². The molecule has 0 radical (unpaired) electrons. The van der Waals surface area contributed by atoms with Gasteiger partial charge in [0.2, 0.25) is 5.88 Å². The Bertz CT molecular complexity index is 1180. The number of rotatable bonds is 4. The predicted octanol–water partition coefficient (Wildman–Crippen LogP) is 4.25. The molecule has 0 saturated carbocycles. The van der Waals surface area contributed by atoms with Crippen LogP contribution in [0.25, 0.3) is 21.0 Å². The van der Waals surface area contributed by atoms with Gasteiger partial charge in [-0.15, -0.1) is 0 Å². The highest BCUT2D eigenvalue weighted by Crippen LogP contribution is 2.33. The molecule has 0 aliphatic heterocycles. The Hall–Kier alpha value is -3.26. The van der Waals surface area contributed by atoms with Crippen molar-refractivity contribution in [3.63, 3.8) is 0 Å². The number of hydrogen-bond acceptors (Lipinski definition) is 6.